The van der Waals surface area contributed by atoms with Crippen molar-refractivity contribution in [2.24, 2.45) is 0 Å². The van der Waals surface area contributed by atoms with Crippen molar-refractivity contribution in [3.63, 3.8) is 0 Å². The van der Waals surface area contributed by atoms with Gasteiger partial charge in [0.2, 0.25) is 5.95 Å². The van der Waals surface area contributed by atoms with E-state index in [-0.39, 0.29) is 11.6 Å². The lowest BCUT2D eigenvalue weighted by atomic mass is 10.2. The highest BCUT2D eigenvalue weighted by molar-refractivity contribution is 6.03. The highest BCUT2D eigenvalue weighted by atomic mass is 16.5. The van der Waals surface area contributed by atoms with Crippen molar-refractivity contribution in [2.45, 2.75) is 0 Å². The number of anilines is 3. The van der Waals surface area contributed by atoms with E-state index in [4.69, 9.17) is 4.74 Å². The number of amides is 1. The fourth-order valence-electron chi connectivity index (χ4n) is 3.14. The van der Waals surface area contributed by atoms with Crippen molar-refractivity contribution in [3.05, 3.63) is 60.6 Å². The maximum atomic E-state index is 12.5. The van der Waals surface area contributed by atoms with E-state index in [1.54, 1.807) is 43.8 Å². The number of aromatic nitrogens is 4. The van der Waals surface area contributed by atoms with Gasteiger partial charge in [-0.25, -0.2) is 9.97 Å². The van der Waals surface area contributed by atoms with Crippen molar-refractivity contribution in [1.82, 2.24) is 20.2 Å². The Kier molecular flexibility index (Phi) is 5.46. The van der Waals surface area contributed by atoms with Crippen molar-refractivity contribution >= 4 is 23.4 Å². The van der Waals surface area contributed by atoms with Crippen LogP contribution in [0.3, 0.4) is 0 Å². The van der Waals surface area contributed by atoms with Crippen molar-refractivity contribution in [2.75, 3.05) is 48.4 Å². The van der Waals surface area contributed by atoms with Gasteiger partial charge in [-0.2, -0.15) is 0 Å². The molecule has 1 amide bonds. The first kappa shape index (κ1) is 18.6. The van der Waals surface area contributed by atoms with Crippen LogP contribution in [0, 0.1) is 0 Å². The molecule has 9 nitrogen and oxygen atoms in total. The van der Waals surface area contributed by atoms with Crippen molar-refractivity contribution in [1.29, 1.82) is 0 Å². The first-order valence-electron chi connectivity index (χ1n) is 9.29. The van der Waals surface area contributed by atoms with Gasteiger partial charge in [0.1, 0.15) is 5.75 Å². The smallest absolute Gasteiger partial charge is 0.276 e. The number of carbonyl (C=O) groups is 1. The standard InChI is InChI=1S/C20H21N7O2/c1-29-17-6-3-2-5-15(17)23-19(28)16-7-8-18(25-24-16)26-11-13-27(14-12-26)20-21-9-4-10-22-20/h2-10H,11-14H2,1H3,(H,23,28). The number of hydrogen-bond acceptors (Lipinski definition) is 8. The minimum absolute atomic E-state index is 0.246. The molecule has 1 fully saturated rings. The quantitative estimate of drug-likeness (QED) is 0.704. The maximum Gasteiger partial charge on any atom is 0.276 e. The minimum Gasteiger partial charge on any atom is -0.495 e. The first-order valence-corrected chi connectivity index (χ1v) is 9.29. The van der Waals surface area contributed by atoms with Crippen LogP contribution in [0.5, 0.6) is 5.75 Å². The number of nitrogens with one attached hydrogen (secondary N) is 1. The number of benzene rings is 1. The van der Waals surface area contributed by atoms with Crippen LogP contribution in [0.25, 0.3) is 0 Å². The second-order valence-electron chi connectivity index (χ2n) is 6.45. The number of carbonyl (C=O) groups excluding carboxylic acids is 1. The third-order valence-electron chi connectivity index (χ3n) is 4.68. The molecule has 0 aliphatic carbocycles. The summed E-state index contributed by atoms with van der Waals surface area (Å²) in [5, 5.41) is 11.1. The molecule has 0 atom stereocenters. The number of piperazine rings is 1. The molecule has 3 heterocycles. The van der Waals surface area contributed by atoms with Crippen LogP contribution in [-0.2, 0) is 0 Å². The van der Waals surface area contributed by atoms with Gasteiger partial charge in [0.15, 0.2) is 11.5 Å². The van der Waals surface area contributed by atoms with E-state index in [9.17, 15) is 4.79 Å². The maximum absolute atomic E-state index is 12.5. The van der Waals surface area contributed by atoms with E-state index >= 15 is 0 Å². The largest absolute Gasteiger partial charge is 0.495 e. The summed E-state index contributed by atoms with van der Waals surface area (Å²) in [7, 11) is 1.56. The summed E-state index contributed by atoms with van der Waals surface area (Å²) in [6, 6.07) is 12.5. The normalized spacial score (nSPS) is 13.8. The summed E-state index contributed by atoms with van der Waals surface area (Å²) >= 11 is 0. The molecular weight excluding hydrogens is 370 g/mol. The first-order chi connectivity index (χ1) is 14.2. The molecule has 0 bridgehead atoms. The van der Waals surface area contributed by atoms with Gasteiger partial charge in [0, 0.05) is 38.6 Å². The Bertz CT molecular complexity index is 958. The molecule has 0 saturated carbocycles. The topological polar surface area (TPSA) is 96.4 Å². The Hall–Kier alpha value is -3.75. The molecule has 3 aromatic rings. The minimum atomic E-state index is -0.334. The second kappa shape index (κ2) is 8.51. The zero-order chi connectivity index (χ0) is 20.1. The molecule has 29 heavy (non-hydrogen) atoms. The van der Waals surface area contributed by atoms with Crippen LogP contribution in [0.1, 0.15) is 10.5 Å². The Morgan fingerprint density at radius 1 is 0.931 bits per heavy atom. The predicted octanol–water partition coefficient (Wildman–Crippen LogP) is 1.85. The summed E-state index contributed by atoms with van der Waals surface area (Å²) in [6.07, 6.45) is 3.49. The summed E-state index contributed by atoms with van der Waals surface area (Å²) in [6.45, 7) is 3.14. The molecule has 1 aliphatic rings. The number of para-hydroxylation sites is 2. The lowest BCUT2D eigenvalue weighted by Crippen LogP contribution is -2.47. The molecule has 4 rings (SSSR count). The van der Waals surface area contributed by atoms with Gasteiger partial charge < -0.3 is 19.9 Å². The fourth-order valence-corrected chi connectivity index (χ4v) is 3.14. The number of ether oxygens (including phenoxy) is 1. The van der Waals surface area contributed by atoms with Gasteiger partial charge in [0.25, 0.3) is 5.91 Å². The third kappa shape index (κ3) is 4.23. The van der Waals surface area contributed by atoms with E-state index in [0.29, 0.717) is 11.4 Å². The van der Waals surface area contributed by atoms with Crippen LogP contribution in [0.2, 0.25) is 0 Å². The molecule has 0 radical (unpaired) electrons. The van der Waals surface area contributed by atoms with Crippen LogP contribution < -0.4 is 19.9 Å². The van der Waals surface area contributed by atoms with Gasteiger partial charge in [-0.1, -0.05) is 12.1 Å². The Morgan fingerprint density at radius 3 is 2.34 bits per heavy atom. The van der Waals surface area contributed by atoms with Crippen LogP contribution in [0.4, 0.5) is 17.5 Å². The molecule has 0 spiro atoms. The van der Waals surface area contributed by atoms with Crippen molar-refractivity contribution < 1.29 is 9.53 Å². The van der Waals surface area contributed by atoms with Gasteiger partial charge in [-0.3, -0.25) is 4.79 Å². The fraction of sp³-hybridized carbons (Fsp3) is 0.250. The lowest BCUT2D eigenvalue weighted by Gasteiger charge is -2.35. The van der Waals surface area contributed by atoms with Gasteiger partial charge in [0.05, 0.1) is 12.8 Å². The zero-order valence-corrected chi connectivity index (χ0v) is 16.0. The summed E-state index contributed by atoms with van der Waals surface area (Å²) in [5.41, 5.74) is 0.834. The highest BCUT2D eigenvalue weighted by Crippen LogP contribution is 2.23. The average molecular weight is 391 g/mol. The van der Waals surface area contributed by atoms with E-state index in [0.717, 1.165) is 37.9 Å². The molecule has 1 saturated heterocycles. The summed E-state index contributed by atoms with van der Waals surface area (Å²) in [5.74, 6) is 1.74. The molecular formula is C20H21N7O2. The summed E-state index contributed by atoms with van der Waals surface area (Å²) in [4.78, 5) is 25.3. The second-order valence-corrected chi connectivity index (χ2v) is 6.45. The van der Waals surface area contributed by atoms with Crippen LogP contribution in [0.15, 0.2) is 54.9 Å². The van der Waals surface area contributed by atoms with Gasteiger partial charge >= 0.3 is 0 Å². The van der Waals surface area contributed by atoms with Gasteiger partial charge in [-0.05, 0) is 30.3 Å². The Labute approximate surface area is 168 Å². The molecule has 9 heteroatoms. The molecule has 1 aliphatic heterocycles. The Morgan fingerprint density at radius 2 is 1.66 bits per heavy atom. The van der Waals surface area contributed by atoms with E-state index in [1.807, 2.05) is 18.2 Å². The number of hydrogen-bond donors (Lipinski definition) is 1. The molecule has 1 N–H and O–H groups in total. The van der Waals surface area contributed by atoms with E-state index in [1.165, 1.54) is 0 Å². The molecule has 148 valence electrons. The van der Waals surface area contributed by atoms with Crippen molar-refractivity contribution in [3.8, 4) is 5.75 Å². The number of nitrogens with zero attached hydrogens (tertiary/aromatic N) is 6. The monoisotopic (exact) mass is 391 g/mol. The predicted molar refractivity (Wildman–Crippen MR) is 109 cm³/mol. The Balaban J connectivity index is 1.37. The molecule has 1 aromatic carbocycles. The third-order valence-corrected chi connectivity index (χ3v) is 4.68. The lowest BCUT2D eigenvalue weighted by molar-refractivity contribution is 0.102. The molecule has 0 unspecified atom stereocenters. The molecule has 2 aromatic heterocycles. The highest BCUT2D eigenvalue weighted by Gasteiger charge is 2.20. The average Bonchev–Trinajstić information content (AvgIpc) is 2.80. The zero-order valence-electron chi connectivity index (χ0n) is 16.0. The van der Waals surface area contributed by atoms with Crippen LogP contribution in [-0.4, -0.2) is 59.4 Å². The summed E-state index contributed by atoms with van der Waals surface area (Å²) < 4.78 is 5.25. The number of rotatable bonds is 5. The van der Waals surface area contributed by atoms with E-state index in [2.05, 4.69) is 35.3 Å². The van der Waals surface area contributed by atoms with Crippen LogP contribution >= 0.6 is 0 Å². The van der Waals surface area contributed by atoms with E-state index < -0.39 is 0 Å². The van der Waals surface area contributed by atoms with Gasteiger partial charge in [-0.15, -0.1) is 10.2 Å². The number of methoxy groups -OCH3 is 1. The SMILES string of the molecule is COc1ccccc1NC(=O)c1ccc(N2CCN(c3ncccn3)CC2)nn1.